The lowest BCUT2D eigenvalue weighted by Gasteiger charge is -1.81. The lowest BCUT2D eigenvalue weighted by Crippen LogP contribution is -1.87. The van der Waals surface area contributed by atoms with E-state index in [2.05, 4.69) is 20.9 Å². The topological polar surface area (TPSA) is 30.0 Å². The van der Waals surface area contributed by atoms with Crippen LogP contribution >= 0.6 is 27.3 Å². The van der Waals surface area contributed by atoms with Gasteiger partial charge in [0.15, 0.2) is 10.8 Å². The van der Waals surface area contributed by atoms with Gasteiger partial charge in [-0.3, -0.25) is 4.79 Å². The molecule has 0 aliphatic carbocycles. The van der Waals surface area contributed by atoms with E-state index in [0.29, 0.717) is 5.01 Å². The number of hydrogen-bond acceptors (Lipinski definition) is 3. The molecule has 0 aliphatic rings. The minimum atomic E-state index is 0.0391. The summed E-state index contributed by atoms with van der Waals surface area (Å²) in [5.41, 5.74) is 0. The molecule has 1 heterocycles. The van der Waals surface area contributed by atoms with Crippen molar-refractivity contribution in [2.75, 3.05) is 0 Å². The molecule has 0 aromatic carbocycles. The fourth-order valence-electron chi connectivity index (χ4n) is 0.532. The van der Waals surface area contributed by atoms with Crippen LogP contribution in [0, 0.1) is 0 Å². The molecule has 0 unspecified atom stereocenters. The van der Waals surface area contributed by atoms with Crippen LogP contribution in [0.25, 0.3) is 0 Å². The van der Waals surface area contributed by atoms with E-state index in [0.717, 1.165) is 10.2 Å². The summed E-state index contributed by atoms with van der Waals surface area (Å²) in [4.78, 5) is 15.7. The van der Waals surface area contributed by atoms with E-state index in [-0.39, 0.29) is 5.78 Å². The van der Waals surface area contributed by atoms with E-state index in [1.165, 1.54) is 18.3 Å². The van der Waals surface area contributed by atoms with E-state index in [1.54, 1.807) is 6.20 Å². The first-order valence-corrected chi connectivity index (χ1v) is 4.69. The summed E-state index contributed by atoms with van der Waals surface area (Å²) in [5, 5.41) is 1.37. The van der Waals surface area contributed by atoms with Gasteiger partial charge in [0.05, 0.1) is 0 Å². The van der Waals surface area contributed by atoms with Crippen molar-refractivity contribution in [2.45, 2.75) is 12.3 Å². The van der Waals surface area contributed by atoms with Gasteiger partial charge in [-0.2, -0.15) is 0 Å². The molecule has 0 atom stereocenters. The third kappa shape index (κ3) is 1.64. The van der Waals surface area contributed by atoms with E-state index in [1.807, 2.05) is 0 Å². The predicted octanol–water partition coefficient (Wildman–Crippen LogP) is 2.24. The molecule has 1 aromatic heterocycles. The number of aromatic nitrogens is 1. The molecule has 0 saturated carbocycles. The number of ketones is 1. The van der Waals surface area contributed by atoms with E-state index in [4.69, 9.17) is 0 Å². The van der Waals surface area contributed by atoms with Crippen LogP contribution in [0.5, 0.6) is 0 Å². The van der Waals surface area contributed by atoms with Crippen LogP contribution in [0.4, 0.5) is 0 Å². The number of nitrogens with zero attached hydrogens (tertiary/aromatic N) is 1. The van der Waals surface area contributed by atoms with Crippen LogP contribution in [0.1, 0.15) is 21.6 Å². The molecule has 0 bridgehead atoms. The van der Waals surface area contributed by atoms with Gasteiger partial charge in [-0.1, -0.05) is 15.9 Å². The van der Waals surface area contributed by atoms with Gasteiger partial charge < -0.3 is 0 Å². The molecule has 54 valence electrons. The van der Waals surface area contributed by atoms with Gasteiger partial charge in [0.1, 0.15) is 0 Å². The first-order chi connectivity index (χ1) is 4.74. The predicted molar refractivity (Wildman–Crippen MR) is 44.7 cm³/mol. The molecule has 0 spiro atoms. The highest BCUT2D eigenvalue weighted by Crippen LogP contribution is 2.15. The summed E-state index contributed by atoms with van der Waals surface area (Å²) < 4.78 is 0. The lowest BCUT2D eigenvalue weighted by molar-refractivity contribution is 0.101. The second-order valence-electron chi connectivity index (χ2n) is 1.82. The van der Waals surface area contributed by atoms with Crippen LogP contribution in [0.15, 0.2) is 6.20 Å². The molecule has 4 heteroatoms. The number of carbonyl (C=O) groups excluding carboxylic acids is 1. The molecule has 1 aromatic rings. The first-order valence-electron chi connectivity index (χ1n) is 2.75. The molecule has 0 N–H and O–H groups in total. The number of alkyl halides is 1. The largest absolute Gasteiger partial charge is 0.292 e. The minimum absolute atomic E-state index is 0.0391. The van der Waals surface area contributed by atoms with E-state index < -0.39 is 0 Å². The van der Waals surface area contributed by atoms with Gasteiger partial charge in [0.2, 0.25) is 0 Å². The van der Waals surface area contributed by atoms with Gasteiger partial charge in [-0.15, -0.1) is 11.3 Å². The Labute approximate surface area is 71.4 Å². The summed E-state index contributed by atoms with van der Waals surface area (Å²) in [6.07, 6.45) is 1.72. The monoisotopic (exact) mass is 219 g/mol. The van der Waals surface area contributed by atoms with Crippen LogP contribution in [-0.2, 0) is 5.33 Å². The van der Waals surface area contributed by atoms with Crippen molar-refractivity contribution in [2.24, 2.45) is 0 Å². The van der Waals surface area contributed by atoms with Gasteiger partial charge in [-0.25, -0.2) is 4.98 Å². The van der Waals surface area contributed by atoms with Gasteiger partial charge in [-0.05, 0) is 0 Å². The molecule has 10 heavy (non-hydrogen) atoms. The number of hydrogen-bond donors (Lipinski definition) is 0. The SMILES string of the molecule is CC(=O)c1ncc(CBr)s1. The number of rotatable bonds is 2. The van der Waals surface area contributed by atoms with Crippen molar-refractivity contribution in [1.82, 2.24) is 4.98 Å². The third-order valence-electron chi connectivity index (χ3n) is 0.986. The molecule has 2 nitrogen and oxygen atoms in total. The average Bonchev–Trinajstić information content (AvgIpc) is 2.34. The fraction of sp³-hybridized carbons (Fsp3) is 0.333. The molecular weight excluding hydrogens is 214 g/mol. The quantitative estimate of drug-likeness (QED) is 0.565. The second-order valence-corrected chi connectivity index (χ2v) is 3.50. The standard InChI is InChI=1S/C6H6BrNOS/c1-4(9)6-8-3-5(2-7)10-6/h3H,2H2,1H3. The highest BCUT2D eigenvalue weighted by Gasteiger charge is 2.03. The Bertz CT molecular complexity index is 246. The minimum Gasteiger partial charge on any atom is -0.292 e. The molecular formula is C6H6BrNOS. The van der Waals surface area contributed by atoms with Crippen molar-refractivity contribution < 1.29 is 4.79 Å². The highest BCUT2D eigenvalue weighted by molar-refractivity contribution is 9.08. The summed E-state index contributed by atoms with van der Waals surface area (Å²) in [5.74, 6) is 0.0391. The molecule has 0 radical (unpaired) electrons. The fourth-order valence-corrected chi connectivity index (χ4v) is 1.68. The average molecular weight is 220 g/mol. The number of halogens is 1. The zero-order valence-electron chi connectivity index (χ0n) is 5.43. The van der Waals surface area contributed by atoms with Crippen LogP contribution in [0.3, 0.4) is 0 Å². The summed E-state index contributed by atoms with van der Waals surface area (Å²) in [7, 11) is 0. The van der Waals surface area contributed by atoms with Crippen LogP contribution in [-0.4, -0.2) is 10.8 Å². The van der Waals surface area contributed by atoms with Gasteiger partial charge >= 0.3 is 0 Å². The molecule has 0 fully saturated rings. The number of carbonyl (C=O) groups is 1. The Kier molecular flexibility index (Phi) is 2.56. The zero-order chi connectivity index (χ0) is 7.56. The number of Topliss-reactive ketones (excluding diaryl/α,β-unsaturated/α-hetero) is 1. The Morgan fingerprint density at radius 3 is 2.90 bits per heavy atom. The van der Waals surface area contributed by atoms with Crippen molar-refractivity contribution in [3.63, 3.8) is 0 Å². The van der Waals surface area contributed by atoms with Gasteiger partial charge in [0.25, 0.3) is 0 Å². The zero-order valence-corrected chi connectivity index (χ0v) is 7.83. The van der Waals surface area contributed by atoms with E-state index >= 15 is 0 Å². The van der Waals surface area contributed by atoms with Gasteiger partial charge in [0, 0.05) is 23.3 Å². The normalized spacial score (nSPS) is 9.80. The highest BCUT2D eigenvalue weighted by atomic mass is 79.9. The summed E-state index contributed by atoms with van der Waals surface area (Å²) in [6, 6.07) is 0. The Balaban J connectivity index is 2.88. The second kappa shape index (κ2) is 3.25. The Morgan fingerprint density at radius 1 is 1.90 bits per heavy atom. The van der Waals surface area contributed by atoms with Crippen molar-refractivity contribution in [3.8, 4) is 0 Å². The smallest absolute Gasteiger partial charge is 0.188 e. The Hall–Kier alpha value is -0.220. The first kappa shape index (κ1) is 7.88. The van der Waals surface area contributed by atoms with Crippen molar-refractivity contribution >= 4 is 33.0 Å². The Morgan fingerprint density at radius 2 is 2.60 bits per heavy atom. The number of thiazole rings is 1. The maximum Gasteiger partial charge on any atom is 0.188 e. The summed E-state index contributed by atoms with van der Waals surface area (Å²) >= 11 is 4.71. The maximum absolute atomic E-state index is 10.7. The van der Waals surface area contributed by atoms with Crippen LogP contribution in [0.2, 0.25) is 0 Å². The molecule has 0 saturated heterocycles. The summed E-state index contributed by atoms with van der Waals surface area (Å²) in [6.45, 7) is 1.52. The lowest BCUT2D eigenvalue weighted by atomic mass is 10.5. The third-order valence-corrected chi connectivity index (χ3v) is 3.06. The maximum atomic E-state index is 10.7. The van der Waals surface area contributed by atoms with E-state index in [9.17, 15) is 4.79 Å². The van der Waals surface area contributed by atoms with Crippen molar-refractivity contribution in [3.05, 3.63) is 16.1 Å². The van der Waals surface area contributed by atoms with Crippen molar-refractivity contribution in [1.29, 1.82) is 0 Å². The molecule has 0 aliphatic heterocycles. The van der Waals surface area contributed by atoms with Crippen LogP contribution < -0.4 is 0 Å². The molecule has 1 rings (SSSR count). The molecule has 0 amide bonds.